The van der Waals surface area contributed by atoms with Crippen molar-refractivity contribution < 1.29 is 31.1 Å². The van der Waals surface area contributed by atoms with Gasteiger partial charge in [0.15, 0.2) is 0 Å². The molecule has 5 rings (SSSR count). The number of aromatic amines is 1. The van der Waals surface area contributed by atoms with E-state index in [0.29, 0.717) is 31.6 Å². The van der Waals surface area contributed by atoms with Crippen molar-refractivity contribution in [2.24, 2.45) is 0 Å². The number of nitrogens with zero attached hydrogens (tertiary/aromatic N) is 3. The van der Waals surface area contributed by atoms with Crippen LogP contribution >= 0.6 is 0 Å². The number of halogens is 6. The fraction of sp³-hybridized carbons (Fsp3) is 0.433. The van der Waals surface area contributed by atoms with E-state index in [1.54, 1.807) is 0 Å². The molecule has 0 unspecified atom stereocenters. The Morgan fingerprint density at radius 1 is 0.878 bits per heavy atom. The van der Waals surface area contributed by atoms with Crippen molar-refractivity contribution in [3.05, 3.63) is 83.1 Å². The van der Waals surface area contributed by atoms with Crippen molar-refractivity contribution in [3.63, 3.8) is 0 Å². The van der Waals surface area contributed by atoms with E-state index in [1.807, 2.05) is 30.5 Å². The van der Waals surface area contributed by atoms with Gasteiger partial charge in [-0.05, 0) is 62.2 Å². The molecule has 0 aliphatic carbocycles. The summed E-state index contributed by atoms with van der Waals surface area (Å²) < 4.78 is 81.1. The summed E-state index contributed by atoms with van der Waals surface area (Å²) in [4.78, 5) is 22.9. The Kier molecular flexibility index (Phi) is 8.47. The first-order valence-corrected chi connectivity index (χ1v) is 13.7. The van der Waals surface area contributed by atoms with E-state index in [-0.39, 0.29) is 12.6 Å². The number of nitrogens with one attached hydrogen (secondary N) is 1. The molecule has 0 radical (unpaired) electrons. The second kappa shape index (κ2) is 11.9. The van der Waals surface area contributed by atoms with Crippen molar-refractivity contribution in [1.29, 1.82) is 0 Å². The number of carbonyl (C=O) groups excluding carboxylic acids is 1. The van der Waals surface area contributed by atoms with Crippen molar-refractivity contribution in [1.82, 2.24) is 19.7 Å². The summed E-state index contributed by atoms with van der Waals surface area (Å²) in [7, 11) is 0. The molecule has 0 spiro atoms. The number of alkyl halides is 6. The minimum absolute atomic E-state index is 0.0519. The number of rotatable bonds is 7. The Balaban J connectivity index is 1.39. The number of para-hydroxylation sites is 1. The molecular weight excluding hydrogens is 546 g/mol. The minimum Gasteiger partial charge on any atom is -0.361 e. The molecule has 11 heteroatoms. The number of aromatic nitrogens is 1. The highest BCUT2D eigenvalue weighted by atomic mass is 19.4. The van der Waals surface area contributed by atoms with Crippen LogP contribution in [0.3, 0.4) is 0 Å². The number of benzene rings is 2. The van der Waals surface area contributed by atoms with E-state index in [2.05, 4.69) is 26.9 Å². The van der Waals surface area contributed by atoms with Gasteiger partial charge in [0.05, 0.1) is 11.1 Å². The highest BCUT2D eigenvalue weighted by Gasteiger charge is 2.39. The fourth-order valence-corrected chi connectivity index (χ4v) is 5.77. The molecule has 0 bridgehead atoms. The van der Waals surface area contributed by atoms with Crippen LogP contribution < -0.4 is 0 Å². The summed E-state index contributed by atoms with van der Waals surface area (Å²) in [5, 5.41) is 0.966. The van der Waals surface area contributed by atoms with Crippen LogP contribution in [-0.4, -0.2) is 77.4 Å². The third kappa shape index (κ3) is 6.95. The lowest BCUT2D eigenvalue weighted by molar-refractivity contribution is -0.143. The summed E-state index contributed by atoms with van der Waals surface area (Å²) in [5.41, 5.74) is -1.74. The SMILES string of the molecule is O=C(c1cc(C(F)(F)F)cc(C(F)(F)F)c1)N1CCN(CCCN2CC=CCC2)C[C@H]1Cc1c[nH]c2ccccc12. The average molecular weight is 579 g/mol. The molecule has 5 nitrogen and oxygen atoms in total. The molecule has 1 amide bonds. The summed E-state index contributed by atoms with van der Waals surface area (Å²) in [6.45, 7) is 4.81. The zero-order valence-corrected chi connectivity index (χ0v) is 22.4. The first kappa shape index (κ1) is 29.2. The zero-order chi connectivity index (χ0) is 29.2. The van der Waals surface area contributed by atoms with Crippen LogP contribution in [0.15, 0.2) is 60.8 Å². The molecule has 2 aromatic carbocycles. The van der Waals surface area contributed by atoms with Crippen LogP contribution in [0.2, 0.25) is 0 Å². The summed E-state index contributed by atoms with van der Waals surface area (Å²) in [6, 6.07) is 8.33. The van der Waals surface area contributed by atoms with Gasteiger partial charge >= 0.3 is 12.4 Å². The third-order valence-electron chi connectivity index (χ3n) is 7.88. The van der Waals surface area contributed by atoms with Crippen molar-refractivity contribution in [2.45, 2.75) is 37.7 Å². The Morgan fingerprint density at radius 3 is 2.27 bits per heavy atom. The van der Waals surface area contributed by atoms with E-state index in [1.165, 1.54) is 4.90 Å². The molecule has 3 heterocycles. The van der Waals surface area contributed by atoms with Crippen LogP contribution in [0.5, 0.6) is 0 Å². The number of piperazine rings is 1. The van der Waals surface area contributed by atoms with Crippen LogP contribution in [0.25, 0.3) is 10.9 Å². The van der Waals surface area contributed by atoms with Gasteiger partial charge in [-0.25, -0.2) is 0 Å². The molecule has 41 heavy (non-hydrogen) atoms. The molecule has 1 atom stereocenters. The van der Waals surface area contributed by atoms with Crippen LogP contribution in [-0.2, 0) is 18.8 Å². The highest BCUT2D eigenvalue weighted by Crippen LogP contribution is 2.37. The molecule has 220 valence electrons. The van der Waals surface area contributed by atoms with Crippen molar-refractivity contribution >= 4 is 16.8 Å². The maximum absolute atomic E-state index is 13.6. The van der Waals surface area contributed by atoms with E-state index in [4.69, 9.17) is 0 Å². The first-order valence-electron chi connectivity index (χ1n) is 13.7. The second-order valence-corrected chi connectivity index (χ2v) is 10.7. The largest absolute Gasteiger partial charge is 0.416 e. The number of carbonyl (C=O) groups is 1. The van der Waals surface area contributed by atoms with Crippen LogP contribution in [0.4, 0.5) is 26.3 Å². The van der Waals surface area contributed by atoms with Gasteiger partial charge in [-0.2, -0.15) is 26.3 Å². The minimum atomic E-state index is -5.03. The second-order valence-electron chi connectivity index (χ2n) is 10.7. The summed E-state index contributed by atoms with van der Waals surface area (Å²) in [6.07, 6.45) is -1.52. The van der Waals surface area contributed by atoms with Gasteiger partial charge in [0.2, 0.25) is 0 Å². The van der Waals surface area contributed by atoms with Gasteiger partial charge in [-0.1, -0.05) is 30.4 Å². The molecule has 1 aromatic heterocycles. The number of hydrogen-bond donors (Lipinski definition) is 1. The molecule has 1 N–H and O–H groups in total. The lowest BCUT2D eigenvalue weighted by Gasteiger charge is -2.42. The van der Waals surface area contributed by atoms with Crippen molar-refractivity contribution in [3.8, 4) is 0 Å². The molecule has 2 aliphatic heterocycles. The van der Waals surface area contributed by atoms with E-state index < -0.39 is 41.0 Å². The van der Waals surface area contributed by atoms with Gasteiger partial charge in [0.25, 0.3) is 5.91 Å². The average Bonchev–Trinajstić information content (AvgIpc) is 3.35. The van der Waals surface area contributed by atoms with E-state index >= 15 is 0 Å². The first-order chi connectivity index (χ1) is 19.5. The lowest BCUT2D eigenvalue weighted by Crippen LogP contribution is -2.56. The molecule has 1 saturated heterocycles. The molecule has 1 fully saturated rings. The Bertz CT molecular complexity index is 1360. The van der Waals surface area contributed by atoms with Gasteiger partial charge < -0.3 is 9.88 Å². The predicted octanol–water partition coefficient (Wildman–Crippen LogP) is 6.23. The number of hydrogen-bond acceptors (Lipinski definition) is 3. The maximum Gasteiger partial charge on any atom is 0.416 e. The van der Waals surface area contributed by atoms with Crippen LogP contribution in [0, 0.1) is 0 Å². The van der Waals surface area contributed by atoms with Crippen LogP contribution in [0.1, 0.15) is 39.9 Å². The van der Waals surface area contributed by atoms with Gasteiger partial charge in [0, 0.05) is 61.4 Å². The normalized spacial score (nSPS) is 19.3. The Hall–Kier alpha value is -3.31. The third-order valence-corrected chi connectivity index (χ3v) is 7.88. The molecule has 2 aliphatic rings. The number of fused-ring (bicyclic) bond motifs is 1. The molecule has 0 saturated carbocycles. The Labute approximate surface area is 234 Å². The fourth-order valence-electron chi connectivity index (χ4n) is 5.77. The molecular formula is C30H32F6N4O. The lowest BCUT2D eigenvalue weighted by atomic mass is 9.98. The smallest absolute Gasteiger partial charge is 0.361 e. The maximum atomic E-state index is 13.6. The van der Waals surface area contributed by atoms with Crippen molar-refractivity contribution in [2.75, 3.05) is 45.8 Å². The van der Waals surface area contributed by atoms with Gasteiger partial charge in [-0.3, -0.25) is 14.6 Å². The highest BCUT2D eigenvalue weighted by molar-refractivity contribution is 5.95. The number of H-pyrrole nitrogens is 1. The van der Waals surface area contributed by atoms with Gasteiger partial charge in [0.1, 0.15) is 0 Å². The van der Waals surface area contributed by atoms with E-state index in [0.717, 1.165) is 55.5 Å². The zero-order valence-electron chi connectivity index (χ0n) is 22.4. The van der Waals surface area contributed by atoms with E-state index in [9.17, 15) is 31.1 Å². The summed E-state index contributed by atoms with van der Waals surface area (Å²) in [5.74, 6) is -0.828. The summed E-state index contributed by atoms with van der Waals surface area (Å²) >= 11 is 0. The number of amides is 1. The molecule has 3 aromatic rings. The quantitative estimate of drug-likeness (QED) is 0.267. The standard InChI is InChI=1S/C30H32F6N4O/c31-29(32,33)23-15-21(16-24(18-23)30(34,35)36)28(41)40-14-13-39(12-6-11-38-9-4-1-5-10-38)20-25(40)17-22-19-37-27-8-3-2-7-26(22)27/h1-4,7-8,15-16,18-19,25,37H,5-6,9-14,17,20H2/t25-/m1/s1. The topological polar surface area (TPSA) is 42.6 Å². The monoisotopic (exact) mass is 578 g/mol. The van der Waals surface area contributed by atoms with Gasteiger partial charge in [-0.15, -0.1) is 0 Å². The predicted molar refractivity (Wildman–Crippen MR) is 145 cm³/mol. The Morgan fingerprint density at radius 2 is 1.59 bits per heavy atom.